The molecule has 0 spiro atoms. The van der Waals surface area contributed by atoms with Gasteiger partial charge in [-0.25, -0.2) is 9.97 Å². The zero-order valence-electron chi connectivity index (χ0n) is 9.71. The number of thioether (sulfide) groups is 1. The van der Waals surface area contributed by atoms with E-state index in [9.17, 15) is 0 Å². The minimum Gasteiger partial charge on any atom is -0.372 e. The summed E-state index contributed by atoms with van der Waals surface area (Å²) in [6.45, 7) is 4.73. The molecule has 0 bridgehead atoms. The number of rotatable bonds is 6. The molecule has 0 unspecified atom stereocenters. The normalized spacial score (nSPS) is 12.8. The van der Waals surface area contributed by atoms with E-state index < -0.39 is 0 Å². The van der Waals surface area contributed by atoms with E-state index >= 15 is 0 Å². The number of thiazole rings is 1. The smallest absolute Gasteiger partial charge is 0.183 e. The van der Waals surface area contributed by atoms with E-state index in [2.05, 4.69) is 25.5 Å². The van der Waals surface area contributed by atoms with Gasteiger partial charge in [-0.3, -0.25) is 5.10 Å². The highest BCUT2D eigenvalue weighted by molar-refractivity contribution is 7.98. The predicted octanol–water partition coefficient (Wildman–Crippen LogP) is 2.65. The van der Waals surface area contributed by atoms with Crippen molar-refractivity contribution in [3.05, 3.63) is 22.4 Å². The second-order valence-electron chi connectivity index (χ2n) is 3.35. The maximum atomic E-state index is 5.50. The highest BCUT2D eigenvalue weighted by atomic mass is 32.2. The fourth-order valence-electron chi connectivity index (χ4n) is 1.30. The Balaban J connectivity index is 1.89. The molecular formula is C10H14N4OS2. The second kappa shape index (κ2) is 6.13. The zero-order valence-corrected chi connectivity index (χ0v) is 11.3. The van der Waals surface area contributed by atoms with Crippen molar-refractivity contribution in [2.45, 2.75) is 30.9 Å². The average Bonchev–Trinajstić information content (AvgIpc) is 2.98. The quantitative estimate of drug-likeness (QED) is 0.818. The minimum atomic E-state index is 0.0778. The molecule has 92 valence electrons. The first-order chi connectivity index (χ1) is 8.29. The maximum Gasteiger partial charge on any atom is 0.183 e. The van der Waals surface area contributed by atoms with Gasteiger partial charge in [-0.2, -0.15) is 5.10 Å². The fraction of sp³-hybridized carbons (Fsp3) is 0.500. The lowest BCUT2D eigenvalue weighted by atomic mass is 10.4. The lowest BCUT2D eigenvalue weighted by Gasteiger charge is -2.06. The van der Waals surface area contributed by atoms with Crippen LogP contribution >= 0.6 is 23.1 Å². The van der Waals surface area contributed by atoms with Gasteiger partial charge in [0.05, 0.1) is 5.69 Å². The summed E-state index contributed by atoms with van der Waals surface area (Å²) in [5, 5.41) is 10.5. The van der Waals surface area contributed by atoms with E-state index in [0.717, 1.165) is 21.6 Å². The van der Waals surface area contributed by atoms with Gasteiger partial charge in [0.15, 0.2) is 5.16 Å². The minimum absolute atomic E-state index is 0.0778. The Morgan fingerprint density at radius 2 is 2.47 bits per heavy atom. The van der Waals surface area contributed by atoms with Crippen LogP contribution in [0.3, 0.4) is 0 Å². The lowest BCUT2D eigenvalue weighted by Crippen LogP contribution is -1.98. The summed E-state index contributed by atoms with van der Waals surface area (Å²) in [6.07, 6.45) is 1.58. The Hall–Kier alpha value is -0.920. The van der Waals surface area contributed by atoms with Crippen LogP contribution in [0.4, 0.5) is 0 Å². The van der Waals surface area contributed by atoms with Crippen molar-refractivity contribution in [3.8, 4) is 0 Å². The van der Waals surface area contributed by atoms with Crippen molar-refractivity contribution in [1.82, 2.24) is 20.2 Å². The number of aromatic nitrogens is 4. The Labute approximate surface area is 108 Å². The molecule has 1 N–H and O–H groups in total. The Bertz CT molecular complexity index is 443. The molecule has 2 aromatic rings. The van der Waals surface area contributed by atoms with Crippen molar-refractivity contribution in [2.75, 3.05) is 6.61 Å². The maximum absolute atomic E-state index is 5.50. The van der Waals surface area contributed by atoms with E-state index in [1.807, 2.05) is 13.8 Å². The van der Waals surface area contributed by atoms with Crippen LogP contribution in [0, 0.1) is 0 Å². The Kier molecular flexibility index (Phi) is 4.52. The van der Waals surface area contributed by atoms with Crippen molar-refractivity contribution in [2.24, 2.45) is 0 Å². The zero-order chi connectivity index (χ0) is 12.1. The van der Waals surface area contributed by atoms with Crippen LogP contribution in [0.5, 0.6) is 0 Å². The van der Waals surface area contributed by atoms with Gasteiger partial charge >= 0.3 is 0 Å². The van der Waals surface area contributed by atoms with Gasteiger partial charge in [-0.05, 0) is 13.8 Å². The number of nitrogens with one attached hydrogen (secondary N) is 1. The van der Waals surface area contributed by atoms with Crippen molar-refractivity contribution >= 4 is 23.1 Å². The molecule has 0 aliphatic rings. The standard InChI is InChI=1S/C10H14N4OS2/c1-3-15-7(2)9-13-8(4-16-9)5-17-10-11-6-12-14-10/h4,6-7H,3,5H2,1-2H3,(H,11,12,14)/t7-/m0/s1. The van der Waals surface area contributed by atoms with Crippen LogP contribution in [0.25, 0.3) is 0 Å². The van der Waals surface area contributed by atoms with Gasteiger partial charge in [-0.15, -0.1) is 11.3 Å². The Morgan fingerprint density at radius 1 is 1.59 bits per heavy atom. The van der Waals surface area contributed by atoms with E-state index in [-0.39, 0.29) is 6.10 Å². The van der Waals surface area contributed by atoms with E-state index in [1.54, 1.807) is 23.1 Å². The summed E-state index contributed by atoms with van der Waals surface area (Å²) in [4.78, 5) is 8.59. The fourth-order valence-corrected chi connectivity index (χ4v) is 2.90. The number of H-pyrrole nitrogens is 1. The molecule has 0 saturated heterocycles. The largest absolute Gasteiger partial charge is 0.372 e. The molecule has 0 saturated carbocycles. The topological polar surface area (TPSA) is 63.7 Å². The van der Waals surface area contributed by atoms with Crippen LogP contribution in [0.15, 0.2) is 16.9 Å². The molecule has 0 fully saturated rings. The van der Waals surface area contributed by atoms with Gasteiger partial charge in [0.1, 0.15) is 17.4 Å². The van der Waals surface area contributed by atoms with Crippen molar-refractivity contribution in [1.29, 1.82) is 0 Å². The Morgan fingerprint density at radius 3 is 3.18 bits per heavy atom. The lowest BCUT2D eigenvalue weighted by molar-refractivity contribution is 0.0761. The summed E-state index contributed by atoms with van der Waals surface area (Å²) in [5.74, 6) is 0.796. The molecule has 2 heterocycles. The third-order valence-electron chi connectivity index (χ3n) is 2.08. The first-order valence-electron chi connectivity index (χ1n) is 5.33. The van der Waals surface area contributed by atoms with Crippen LogP contribution in [-0.4, -0.2) is 26.8 Å². The molecule has 0 aliphatic carbocycles. The first-order valence-corrected chi connectivity index (χ1v) is 7.20. The van der Waals surface area contributed by atoms with E-state index in [1.165, 1.54) is 6.33 Å². The summed E-state index contributed by atoms with van der Waals surface area (Å²) >= 11 is 3.23. The van der Waals surface area contributed by atoms with Crippen molar-refractivity contribution < 1.29 is 4.74 Å². The molecule has 2 rings (SSSR count). The van der Waals surface area contributed by atoms with Gasteiger partial charge in [0, 0.05) is 17.7 Å². The predicted molar refractivity (Wildman–Crippen MR) is 68.1 cm³/mol. The SMILES string of the molecule is CCO[C@@H](C)c1nc(CSc2ncn[nH]2)cs1. The van der Waals surface area contributed by atoms with Gasteiger partial charge < -0.3 is 4.74 Å². The summed E-state index contributed by atoms with van der Waals surface area (Å²) in [7, 11) is 0. The molecule has 0 amide bonds. The molecule has 17 heavy (non-hydrogen) atoms. The van der Waals surface area contributed by atoms with Gasteiger partial charge in [0.25, 0.3) is 0 Å². The summed E-state index contributed by atoms with van der Waals surface area (Å²) in [6, 6.07) is 0. The first kappa shape index (κ1) is 12.5. The van der Waals surface area contributed by atoms with Crippen LogP contribution in [0.2, 0.25) is 0 Å². The van der Waals surface area contributed by atoms with Crippen LogP contribution in [-0.2, 0) is 10.5 Å². The monoisotopic (exact) mass is 270 g/mol. The molecule has 0 aliphatic heterocycles. The van der Waals surface area contributed by atoms with E-state index in [0.29, 0.717) is 6.61 Å². The molecule has 5 nitrogen and oxygen atoms in total. The number of ether oxygens (including phenoxy) is 1. The van der Waals surface area contributed by atoms with E-state index in [4.69, 9.17) is 4.74 Å². The van der Waals surface area contributed by atoms with Crippen molar-refractivity contribution in [3.63, 3.8) is 0 Å². The molecular weight excluding hydrogens is 256 g/mol. The molecule has 1 atom stereocenters. The highest BCUT2D eigenvalue weighted by Gasteiger charge is 2.10. The number of hydrogen-bond acceptors (Lipinski definition) is 6. The average molecular weight is 270 g/mol. The van der Waals surface area contributed by atoms with Gasteiger partial charge in [0.2, 0.25) is 0 Å². The third-order valence-corrected chi connectivity index (χ3v) is 4.05. The number of aromatic amines is 1. The summed E-state index contributed by atoms with van der Waals surface area (Å²) < 4.78 is 5.50. The summed E-state index contributed by atoms with van der Waals surface area (Å²) in [5.41, 5.74) is 1.05. The molecule has 0 radical (unpaired) electrons. The van der Waals surface area contributed by atoms with Crippen LogP contribution in [0.1, 0.15) is 30.7 Å². The molecule has 2 aromatic heterocycles. The second-order valence-corrected chi connectivity index (χ2v) is 5.21. The highest BCUT2D eigenvalue weighted by Crippen LogP contribution is 2.24. The number of nitrogens with zero attached hydrogens (tertiary/aromatic N) is 3. The molecule has 0 aromatic carbocycles. The van der Waals surface area contributed by atoms with Crippen LogP contribution < -0.4 is 0 Å². The molecule has 7 heteroatoms. The van der Waals surface area contributed by atoms with Gasteiger partial charge in [-0.1, -0.05) is 11.8 Å². The third kappa shape index (κ3) is 3.52. The number of hydrogen-bond donors (Lipinski definition) is 1.